The van der Waals surface area contributed by atoms with E-state index in [1.165, 1.54) is 4.90 Å². The van der Waals surface area contributed by atoms with Gasteiger partial charge < -0.3 is 14.4 Å². The number of sulfonamides is 1. The van der Waals surface area contributed by atoms with Gasteiger partial charge in [-0.1, -0.05) is 12.1 Å². The van der Waals surface area contributed by atoms with Crippen molar-refractivity contribution < 1.29 is 22.7 Å². The highest BCUT2D eigenvalue weighted by Crippen LogP contribution is 2.25. The Kier molecular flexibility index (Phi) is 4.69. The largest absolute Gasteiger partial charge is 0.493 e. The molecular formula is C13H18N2O5S. The summed E-state index contributed by atoms with van der Waals surface area (Å²) in [5.74, 6) is 0.958. The van der Waals surface area contributed by atoms with Gasteiger partial charge in [0.15, 0.2) is 11.5 Å². The minimum absolute atomic E-state index is 0.0620. The smallest absolute Gasteiger partial charge is 0.224 e. The van der Waals surface area contributed by atoms with Gasteiger partial charge in [0, 0.05) is 13.0 Å². The van der Waals surface area contributed by atoms with E-state index in [1.54, 1.807) is 19.2 Å². The maximum atomic E-state index is 11.7. The van der Waals surface area contributed by atoms with Crippen molar-refractivity contribution in [3.05, 3.63) is 24.3 Å². The number of hydrogen-bond acceptors (Lipinski definition) is 5. The summed E-state index contributed by atoms with van der Waals surface area (Å²) < 4.78 is 33.2. The van der Waals surface area contributed by atoms with Crippen molar-refractivity contribution in [1.29, 1.82) is 0 Å². The van der Waals surface area contributed by atoms with Gasteiger partial charge in [-0.25, -0.2) is 13.6 Å². The molecule has 8 heteroatoms. The van der Waals surface area contributed by atoms with Crippen molar-refractivity contribution in [1.82, 2.24) is 4.90 Å². The molecule has 1 fully saturated rings. The fourth-order valence-electron chi connectivity index (χ4n) is 2.18. The molecule has 0 aliphatic carbocycles. The maximum Gasteiger partial charge on any atom is 0.224 e. The lowest BCUT2D eigenvalue weighted by atomic mass is 10.3. The van der Waals surface area contributed by atoms with E-state index in [0.29, 0.717) is 18.0 Å². The first-order chi connectivity index (χ1) is 9.91. The summed E-state index contributed by atoms with van der Waals surface area (Å²) in [6.07, 6.45) is -0.0620. The Morgan fingerprint density at radius 2 is 2.00 bits per heavy atom. The minimum Gasteiger partial charge on any atom is -0.493 e. The number of hydrogen-bond donors (Lipinski definition) is 1. The van der Waals surface area contributed by atoms with Gasteiger partial charge in [-0.15, -0.1) is 0 Å². The summed E-state index contributed by atoms with van der Waals surface area (Å²) in [7, 11) is -2.14. The minimum atomic E-state index is -3.68. The van der Waals surface area contributed by atoms with E-state index in [-0.39, 0.29) is 25.5 Å². The lowest BCUT2D eigenvalue weighted by molar-refractivity contribution is -0.128. The van der Waals surface area contributed by atoms with Crippen LogP contribution in [0.4, 0.5) is 0 Å². The molecule has 116 valence electrons. The number of nitrogens with two attached hydrogens (primary N) is 1. The number of rotatable bonds is 6. The second kappa shape index (κ2) is 6.31. The predicted octanol–water partition coefficient (Wildman–Crippen LogP) is -0.0366. The van der Waals surface area contributed by atoms with Crippen LogP contribution in [0.3, 0.4) is 0 Å². The van der Waals surface area contributed by atoms with Crippen molar-refractivity contribution in [2.24, 2.45) is 5.14 Å². The van der Waals surface area contributed by atoms with Crippen LogP contribution in [0.1, 0.15) is 6.42 Å². The molecule has 7 nitrogen and oxygen atoms in total. The van der Waals surface area contributed by atoms with Crippen LogP contribution in [0, 0.1) is 0 Å². The predicted molar refractivity (Wildman–Crippen MR) is 76.6 cm³/mol. The standard InChI is InChI=1S/C13H18N2O5S/c1-19-11-4-2-3-5-12(11)20-7-6-15-9-10(8-13(15)16)21(14,17)18/h2-5,10H,6-9H2,1H3,(H2,14,17,18). The molecule has 1 unspecified atom stereocenters. The van der Waals surface area contributed by atoms with E-state index >= 15 is 0 Å². The van der Waals surface area contributed by atoms with Crippen LogP contribution < -0.4 is 14.6 Å². The molecule has 1 saturated heterocycles. The molecule has 2 rings (SSSR count). The van der Waals surface area contributed by atoms with Crippen LogP contribution >= 0.6 is 0 Å². The number of ether oxygens (including phenoxy) is 2. The van der Waals surface area contributed by atoms with Crippen LogP contribution in [0.2, 0.25) is 0 Å². The molecule has 1 aliphatic rings. The zero-order chi connectivity index (χ0) is 15.5. The average molecular weight is 314 g/mol. The highest BCUT2D eigenvalue weighted by molar-refractivity contribution is 7.89. The molecule has 1 aliphatic heterocycles. The maximum absolute atomic E-state index is 11.7. The van der Waals surface area contributed by atoms with Crippen LogP contribution in [0.15, 0.2) is 24.3 Å². The number of para-hydroxylation sites is 2. The van der Waals surface area contributed by atoms with Crippen molar-refractivity contribution in [2.45, 2.75) is 11.7 Å². The summed E-state index contributed by atoms with van der Waals surface area (Å²) >= 11 is 0. The zero-order valence-corrected chi connectivity index (χ0v) is 12.5. The lowest BCUT2D eigenvalue weighted by Gasteiger charge is -2.17. The fourth-order valence-corrected chi connectivity index (χ4v) is 2.94. The lowest BCUT2D eigenvalue weighted by Crippen LogP contribution is -2.34. The highest BCUT2D eigenvalue weighted by Gasteiger charge is 2.36. The second-order valence-corrected chi connectivity index (χ2v) is 6.60. The number of benzene rings is 1. The van der Waals surface area contributed by atoms with E-state index in [4.69, 9.17) is 14.6 Å². The van der Waals surface area contributed by atoms with Gasteiger partial charge in [-0.2, -0.15) is 0 Å². The topological polar surface area (TPSA) is 98.9 Å². The van der Waals surface area contributed by atoms with Gasteiger partial charge in [0.05, 0.1) is 13.7 Å². The van der Waals surface area contributed by atoms with Crippen molar-refractivity contribution in [3.63, 3.8) is 0 Å². The quantitative estimate of drug-likeness (QED) is 0.794. The summed E-state index contributed by atoms with van der Waals surface area (Å²) in [6, 6.07) is 7.17. The Labute approximate surface area is 123 Å². The van der Waals surface area contributed by atoms with E-state index in [1.807, 2.05) is 12.1 Å². The monoisotopic (exact) mass is 314 g/mol. The molecule has 0 saturated carbocycles. The molecule has 1 atom stereocenters. The van der Waals surface area contributed by atoms with Crippen LogP contribution in [0.25, 0.3) is 0 Å². The van der Waals surface area contributed by atoms with Gasteiger partial charge in [0.25, 0.3) is 0 Å². The van der Waals surface area contributed by atoms with Crippen LogP contribution in [-0.2, 0) is 14.8 Å². The second-order valence-electron chi connectivity index (χ2n) is 4.75. The Morgan fingerprint density at radius 1 is 1.33 bits per heavy atom. The fraction of sp³-hybridized carbons (Fsp3) is 0.462. The number of carbonyl (C=O) groups excluding carboxylic acids is 1. The summed E-state index contributed by atoms with van der Waals surface area (Å²) in [6.45, 7) is 0.680. The SMILES string of the molecule is COc1ccccc1OCCN1CC(S(N)(=O)=O)CC1=O. The molecule has 0 spiro atoms. The highest BCUT2D eigenvalue weighted by atomic mass is 32.2. The Balaban J connectivity index is 1.88. The van der Waals surface area contributed by atoms with E-state index < -0.39 is 15.3 Å². The number of amides is 1. The summed E-state index contributed by atoms with van der Waals surface area (Å²) in [5.41, 5.74) is 0. The third-order valence-corrected chi connectivity index (χ3v) is 4.58. The molecule has 2 N–H and O–H groups in total. The number of primary sulfonamides is 1. The number of nitrogens with zero attached hydrogens (tertiary/aromatic N) is 1. The van der Waals surface area contributed by atoms with Gasteiger partial charge in [-0.3, -0.25) is 4.79 Å². The Hall–Kier alpha value is -1.80. The first kappa shape index (κ1) is 15.6. The molecule has 1 aromatic carbocycles. The van der Waals surface area contributed by atoms with Crippen LogP contribution in [-0.4, -0.2) is 51.3 Å². The average Bonchev–Trinajstić information content (AvgIpc) is 2.81. The Morgan fingerprint density at radius 3 is 2.57 bits per heavy atom. The van der Waals surface area contributed by atoms with E-state index in [2.05, 4.69) is 0 Å². The zero-order valence-electron chi connectivity index (χ0n) is 11.7. The van der Waals surface area contributed by atoms with E-state index in [9.17, 15) is 13.2 Å². The van der Waals surface area contributed by atoms with Gasteiger partial charge >= 0.3 is 0 Å². The molecule has 21 heavy (non-hydrogen) atoms. The van der Waals surface area contributed by atoms with Crippen molar-refractivity contribution in [3.8, 4) is 11.5 Å². The molecule has 0 bridgehead atoms. The molecule has 1 amide bonds. The van der Waals surface area contributed by atoms with E-state index in [0.717, 1.165) is 0 Å². The van der Waals surface area contributed by atoms with Crippen molar-refractivity contribution >= 4 is 15.9 Å². The molecular weight excluding hydrogens is 296 g/mol. The molecule has 0 radical (unpaired) electrons. The molecule has 1 aromatic rings. The number of methoxy groups -OCH3 is 1. The Bertz CT molecular complexity index is 617. The molecule has 0 aromatic heterocycles. The molecule has 1 heterocycles. The summed E-state index contributed by atoms with van der Waals surface area (Å²) in [4.78, 5) is 13.2. The third-order valence-electron chi connectivity index (χ3n) is 3.33. The van der Waals surface area contributed by atoms with Gasteiger partial charge in [-0.05, 0) is 12.1 Å². The third kappa shape index (κ3) is 3.85. The first-order valence-electron chi connectivity index (χ1n) is 6.47. The summed E-state index contributed by atoms with van der Waals surface area (Å²) in [5, 5.41) is 4.25. The number of likely N-dealkylation sites (tertiary alicyclic amines) is 1. The number of carbonyl (C=O) groups is 1. The first-order valence-corrected chi connectivity index (χ1v) is 8.08. The van der Waals surface area contributed by atoms with Crippen molar-refractivity contribution in [2.75, 3.05) is 26.8 Å². The van der Waals surface area contributed by atoms with Gasteiger partial charge in [0.2, 0.25) is 15.9 Å². The van der Waals surface area contributed by atoms with Gasteiger partial charge in [0.1, 0.15) is 11.9 Å². The van der Waals surface area contributed by atoms with Crippen LogP contribution in [0.5, 0.6) is 11.5 Å². The normalized spacial score (nSPS) is 18.9.